The van der Waals surface area contributed by atoms with E-state index in [4.69, 9.17) is 5.11 Å². The average molecular weight is 257 g/mol. The first-order chi connectivity index (χ1) is 9.40. The number of fused-ring (bicyclic) bond motifs is 1. The quantitative estimate of drug-likeness (QED) is 0.722. The van der Waals surface area contributed by atoms with E-state index >= 15 is 0 Å². The SMILES string of the molecule is OCCCCCCCCc1ccc2ccccc2n1. The second-order valence-electron chi connectivity index (χ2n) is 5.09. The van der Waals surface area contributed by atoms with E-state index in [1.165, 1.54) is 36.8 Å². The highest BCUT2D eigenvalue weighted by atomic mass is 16.2. The Morgan fingerprint density at radius 3 is 2.37 bits per heavy atom. The van der Waals surface area contributed by atoms with Gasteiger partial charge in [0.2, 0.25) is 0 Å². The third-order valence-corrected chi connectivity index (χ3v) is 3.50. The Morgan fingerprint density at radius 1 is 0.789 bits per heavy atom. The van der Waals surface area contributed by atoms with E-state index in [1.807, 2.05) is 6.07 Å². The zero-order valence-corrected chi connectivity index (χ0v) is 11.5. The molecule has 0 unspecified atom stereocenters. The fourth-order valence-corrected chi connectivity index (χ4v) is 2.37. The Bertz CT molecular complexity index is 495. The molecule has 2 nitrogen and oxygen atoms in total. The van der Waals surface area contributed by atoms with Gasteiger partial charge in [0.15, 0.2) is 0 Å². The minimum absolute atomic E-state index is 0.334. The van der Waals surface area contributed by atoms with Gasteiger partial charge >= 0.3 is 0 Å². The molecule has 1 aromatic heterocycles. The maximum atomic E-state index is 8.70. The number of hydrogen-bond acceptors (Lipinski definition) is 2. The zero-order valence-electron chi connectivity index (χ0n) is 11.5. The molecule has 0 radical (unpaired) electrons. The van der Waals surface area contributed by atoms with E-state index in [9.17, 15) is 0 Å². The summed E-state index contributed by atoms with van der Waals surface area (Å²) in [6, 6.07) is 12.6. The number of unbranched alkanes of at least 4 members (excludes halogenated alkanes) is 5. The molecule has 0 saturated carbocycles. The van der Waals surface area contributed by atoms with Crippen LogP contribution in [0.2, 0.25) is 0 Å². The van der Waals surface area contributed by atoms with Crippen molar-refractivity contribution in [3.8, 4) is 0 Å². The molecule has 1 heterocycles. The predicted molar refractivity (Wildman–Crippen MR) is 80.2 cm³/mol. The lowest BCUT2D eigenvalue weighted by atomic mass is 10.1. The Kier molecular flexibility index (Phi) is 5.83. The molecule has 1 aromatic carbocycles. The summed E-state index contributed by atoms with van der Waals surface area (Å²) >= 11 is 0. The number of hydrogen-bond donors (Lipinski definition) is 1. The van der Waals surface area contributed by atoms with E-state index in [1.54, 1.807) is 0 Å². The molecule has 2 aromatic rings. The van der Waals surface area contributed by atoms with Gasteiger partial charge in [-0.25, -0.2) is 0 Å². The summed E-state index contributed by atoms with van der Waals surface area (Å²) in [5.74, 6) is 0. The third kappa shape index (κ3) is 4.64. The van der Waals surface area contributed by atoms with Gasteiger partial charge in [-0.1, -0.05) is 49.9 Å². The highest BCUT2D eigenvalue weighted by molar-refractivity contribution is 5.78. The fraction of sp³-hybridized carbons (Fsp3) is 0.471. The number of nitrogens with zero attached hydrogens (tertiary/aromatic N) is 1. The third-order valence-electron chi connectivity index (χ3n) is 3.50. The van der Waals surface area contributed by atoms with Crippen molar-refractivity contribution in [1.29, 1.82) is 0 Å². The summed E-state index contributed by atoms with van der Waals surface area (Å²) in [6.45, 7) is 0.334. The number of aliphatic hydroxyl groups is 1. The summed E-state index contributed by atoms with van der Waals surface area (Å²) in [5.41, 5.74) is 2.30. The molecular formula is C17H23NO. The minimum atomic E-state index is 0.334. The van der Waals surface area contributed by atoms with Crippen LogP contribution < -0.4 is 0 Å². The van der Waals surface area contributed by atoms with Crippen LogP contribution in [0.3, 0.4) is 0 Å². The standard InChI is InChI=1S/C17H23NO/c19-14-8-4-2-1-3-5-10-16-13-12-15-9-6-7-11-17(15)18-16/h6-7,9,11-13,19H,1-5,8,10,14H2. The molecule has 0 aliphatic rings. The molecule has 0 aliphatic heterocycles. The molecule has 0 saturated heterocycles. The van der Waals surface area contributed by atoms with Crippen LogP contribution in [0.4, 0.5) is 0 Å². The van der Waals surface area contributed by atoms with E-state index in [-0.39, 0.29) is 0 Å². The van der Waals surface area contributed by atoms with Crippen LogP contribution in [0, 0.1) is 0 Å². The van der Waals surface area contributed by atoms with Crippen molar-refractivity contribution in [1.82, 2.24) is 4.98 Å². The van der Waals surface area contributed by atoms with Crippen LogP contribution in [-0.4, -0.2) is 16.7 Å². The minimum Gasteiger partial charge on any atom is -0.396 e. The zero-order chi connectivity index (χ0) is 13.3. The fourth-order valence-electron chi connectivity index (χ4n) is 2.37. The molecule has 0 amide bonds. The second-order valence-corrected chi connectivity index (χ2v) is 5.09. The summed E-state index contributed by atoms with van der Waals surface area (Å²) in [5, 5.41) is 9.91. The van der Waals surface area contributed by atoms with Gasteiger partial charge in [-0.15, -0.1) is 0 Å². The largest absolute Gasteiger partial charge is 0.396 e. The van der Waals surface area contributed by atoms with Crippen molar-refractivity contribution in [3.05, 3.63) is 42.1 Å². The van der Waals surface area contributed by atoms with Gasteiger partial charge in [-0.3, -0.25) is 4.98 Å². The van der Waals surface area contributed by atoms with Crippen LogP contribution in [0.5, 0.6) is 0 Å². The van der Waals surface area contributed by atoms with Gasteiger partial charge in [0.25, 0.3) is 0 Å². The Hall–Kier alpha value is -1.41. The summed E-state index contributed by atoms with van der Waals surface area (Å²) in [6.07, 6.45) is 8.17. The number of aryl methyl sites for hydroxylation is 1. The van der Waals surface area contributed by atoms with Gasteiger partial charge in [0.1, 0.15) is 0 Å². The maximum absolute atomic E-state index is 8.70. The monoisotopic (exact) mass is 257 g/mol. The molecule has 0 atom stereocenters. The Labute approximate surface area is 115 Å². The molecule has 2 rings (SSSR count). The predicted octanol–water partition coefficient (Wildman–Crippen LogP) is 4.11. The topological polar surface area (TPSA) is 33.1 Å². The van der Waals surface area contributed by atoms with Gasteiger partial charge in [-0.05, 0) is 31.4 Å². The molecule has 0 aliphatic carbocycles. The first-order valence-corrected chi connectivity index (χ1v) is 7.36. The summed E-state index contributed by atoms with van der Waals surface area (Å²) in [7, 11) is 0. The van der Waals surface area contributed by atoms with E-state index in [0.29, 0.717) is 6.61 Å². The van der Waals surface area contributed by atoms with Crippen LogP contribution in [-0.2, 0) is 6.42 Å². The average Bonchev–Trinajstić information content (AvgIpc) is 2.46. The maximum Gasteiger partial charge on any atom is 0.0705 e. The Morgan fingerprint density at radius 2 is 1.53 bits per heavy atom. The first-order valence-electron chi connectivity index (χ1n) is 7.36. The normalized spacial score (nSPS) is 11.0. The number of aliphatic hydroxyl groups excluding tert-OH is 1. The van der Waals surface area contributed by atoms with Crippen molar-refractivity contribution < 1.29 is 5.11 Å². The van der Waals surface area contributed by atoms with Crippen LogP contribution in [0.15, 0.2) is 36.4 Å². The highest BCUT2D eigenvalue weighted by Gasteiger charge is 1.98. The molecule has 0 spiro atoms. The lowest BCUT2D eigenvalue weighted by molar-refractivity contribution is 0.282. The van der Waals surface area contributed by atoms with E-state index in [2.05, 4.69) is 35.3 Å². The van der Waals surface area contributed by atoms with Crippen molar-refractivity contribution in [2.45, 2.75) is 44.9 Å². The van der Waals surface area contributed by atoms with Crippen molar-refractivity contribution in [2.75, 3.05) is 6.61 Å². The molecule has 1 N–H and O–H groups in total. The van der Waals surface area contributed by atoms with Gasteiger partial charge in [-0.2, -0.15) is 0 Å². The van der Waals surface area contributed by atoms with Gasteiger partial charge in [0.05, 0.1) is 5.52 Å². The molecular weight excluding hydrogens is 234 g/mol. The van der Waals surface area contributed by atoms with Gasteiger partial charge in [0, 0.05) is 17.7 Å². The molecule has 102 valence electrons. The summed E-state index contributed by atoms with van der Waals surface area (Å²) < 4.78 is 0. The Balaban J connectivity index is 1.72. The lowest BCUT2D eigenvalue weighted by Crippen LogP contribution is -1.91. The van der Waals surface area contributed by atoms with E-state index < -0.39 is 0 Å². The lowest BCUT2D eigenvalue weighted by Gasteiger charge is -2.03. The van der Waals surface area contributed by atoms with Crippen molar-refractivity contribution in [2.24, 2.45) is 0 Å². The van der Waals surface area contributed by atoms with Crippen molar-refractivity contribution >= 4 is 10.9 Å². The number of aromatic nitrogens is 1. The van der Waals surface area contributed by atoms with Crippen LogP contribution >= 0.6 is 0 Å². The number of pyridine rings is 1. The highest BCUT2D eigenvalue weighted by Crippen LogP contribution is 2.14. The molecule has 0 fully saturated rings. The number of benzene rings is 1. The smallest absolute Gasteiger partial charge is 0.0705 e. The molecule has 0 bridgehead atoms. The van der Waals surface area contributed by atoms with Gasteiger partial charge < -0.3 is 5.11 Å². The first kappa shape index (κ1) is 14.0. The number of para-hydroxylation sites is 1. The van der Waals surface area contributed by atoms with Crippen LogP contribution in [0.1, 0.15) is 44.2 Å². The molecule has 2 heteroatoms. The molecule has 19 heavy (non-hydrogen) atoms. The van der Waals surface area contributed by atoms with Crippen molar-refractivity contribution in [3.63, 3.8) is 0 Å². The van der Waals surface area contributed by atoms with E-state index in [0.717, 1.165) is 24.8 Å². The number of rotatable bonds is 8. The summed E-state index contributed by atoms with van der Waals surface area (Å²) in [4.78, 5) is 4.69. The second kappa shape index (κ2) is 7.90. The van der Waals surface area contributed by atoms with Crippen LogP contribution in [0.25, 0.3) is 10.9 Å².